The van der Waals surface area contributed by atoms with Crippen LogP contribution in [0.5, 0.6) is 0 Å². The standard InChI is InChI=1S/C28H34ClF2N5O3/c1-15(2)28(30,31)21-10-19(12-32-14-21)24(37)35-27(8-9-27)26(39)34-18(5)23-22(29)11-20(13-33-23)25(38)36-16(3)6-7-17(36)4/h10-18H,6-9H2,1-5H3,(H,34,39)(H,35,37). The van der Waals surface area contributed by atoms with Crippen LogP contribution in [-0.4, -0.2) is 50.2 Å². The van der Waals surface area contributed by atoms with E-state index in [-0.39, 0.29) is 34.1 Å². The summed E-state index contributed by atoms with van der Waals surface area (Å²) in [7, 11) is 0. The van der Waals surface area contributed by atoms with Crippen molar-refractivity contribution in [1.82, 2.24) is 25.5 Å². The number of pyridine rings is 2. The normalized spacial score (nSPS) is 21.0. The van der Waals surface area contributed by atoms with Gasteiger partial charge < -0.3 is 15.5 Å². The van der Waals surface area contributed by atoms with Crippen LogP contribution < -0.4 is 10.6 Å². The molecule has 1 saturated heterocycles. The quantitative estimate of drug-likeness (QED) is 0.470. The van der Waals surface area contributed by atoms with Crippen LogP contribution in [0, 0.1) is 5.92 Å². The van der Waals surface area contributed by atoms with Crippen LogP contribution in [0.25, 0.3) is 0 Å². The lowest BCUT2D eigenvalue weighted by molar-refractivity contribution is -0.124. The molecule has 2 aromatic rings. The molecule has 0 bridgehead atoms. The summed E-state index contributed by atoms with van der Waals surface area (Å²) in [6.07, 6.45) is 6.38. The minimum absolute atomic E-state index is 0.0495. The lowest BCUT2D eigenvalue weighted by Crippen LogP contribution is -2.49. The predicted octanol–water partition coefficient (Wildman–Crippen LogP) is 5.03. The Morgan fingerprint density at radius 2 is 1.69 bits per heavy atom. The van der Waals surface area contributed by atoms with Crippen molar-refractivity contribution >= 4 is 29.3 Å². The lowest BCUT2D eigenvalue weighted by Gasteiger charge is -2.26. The first kappa shape index (κ1) is 28.9. The molecule has 3 heterocycles. The van der Waals surface area contributed by atoms with E-state index >= 15 is 0 Å². The van der Waals surface area contributed by atoms with Crippen LogP contribution in [0.2, 0.25) is 5.02 Å². The topological polar surface area (TPSA) is 104 Å². The van der Waals surface area contributed by atoms with E-state index in [1.54, 1.807) is 13.0 Å². The molecule has 2 aromatic heterocycles. The van der Waals surface area contributed by atoms with Crippen molar-refractivity contribution in [2.75, 3.05) is 0 Å². The molecule has 4 rings (SSSR count). The number of carbonyl (C=O) groups excluding carboxylic acids is 3. The molecule has 3 unspecified atom stereocenters. The second kappa shape index (κ2) is 10.8. The number of halogens is 3. The third-order valence-corrected chi connectivity index (χ3v) is 8.01. The molecule has 0 radical (unpaired) electrons. The largest absolute Gasteiger partial charge is 0.346 e. The SMILES string of the molecule is CC(NC(=O)C1(NC(=O)c2cncc(C(F)(F)C(C)C)c2)CC1)c1ncc(C(=O)N2C(C)CCC2C)cc1Cl. The molecule has 0 aromatic carbocycles. The number of aromatic nitrogens is 2. The van der Waals surface area contributed by atoms with Gasteiger partial charge in [-0.15, -0.1) is 0 Å². The number of carbonyl (C=O) groups is 3. The molecule has 1 aliphatic heterocycles. The summed E-state index contributed by atoms with van der Waals surface area (Å²) >= 11 is 6.48. The number of nitrogens with one attached hydrogen (secondary N) is 2. The Morgan fingerprint density at radius 3 is 2.26 bits per heavy atom. The van der Waals surface area contributed by atoms with E-state index in [1.807, 2.05) is 18.7 Å². The summed E-state index contributed by atoms with van der Waals surface area (Å²) in [4.78, 5) is 49.0. The fourth-order valence-electron chi connectivity index (χ4n) is 4.93. The van der Waals surface area contributed by atoms with E-state index in [1.165, 1.54) is 26.2 Å². The molecule has 11 heteroatoms. The van der Waals surface area contributed by atoms with E-state index in [4.69, 9.17) is 11.6 Å². The molecule has 1 saturated carbocycles. The van der Waals surface area contributed by atoms with Gasteiger partial charge >= 0.3 is 0 Å². The molecule has 39 heavy (non-hydrogen) atoms. The van der Waals surface area contributed by atoms with Crippen molar-refractivity contribution in [3.63, 3.8) is 0 Å². The van der Waals surface area contributed by atoms with Gasteiger partial charge in [0.15, 0.2) is 0 Å². The molecular formula is C28H34ClF2N5O3. The van der Waals surface area contributed by atoms with Gasteiger partial charge in [0.1, 0.15) is 5.54 Å². The molecule has 1 aliphatic carbocycles. The maximum Gasteiger partial charge on any atom is 0.276 e. The molecule has 210 valence electrons. The summed E-state index contributed by atoms with van der Waals surface area (Å²) in [6.45, 7) is 8.51. The highest BCUT2D eigenvalue weighted by Gasteiger charge is 2.51. The third-order valence-electron chi connectivity index (χ3n) is 7.71. The summed E-state index contributed by atoms with van der Waals surface area (Å²) in [5.74, 6) is -5.34. The Balaban J connectivity index is 1.42. The summed E-state index contributed by atoms with van der Waals surface area (Å²) in [5.41, 5.74) is -0.797. The average molecular weight is 562 g/mol. The number of hydrogen-bond donors (Lipinski definition) is 2. The monoisotopic (exact) mass is 561 g/mol. The van der Waals surface area contributed by atoms with Gasteiger partial charge in [-0.25, -0.2) is 8.78 Å². The maximum absolute atomic E-state index is 14.4. The van der Waals surface area contributed by atoms with Crippen molar-refractivity contribution in [3.05, 3.63) is 58.1 Å². The number of hydrogen-bond acceptors (Lipinski definition) is 5. The highest BCUT2D eigenvalue weighted by Crippen LogP contribution is 2.38. The predicted molar refractivity (Wildman–Crippen MR) is 143 cm³/mol. The van der Waals surface area contributed by atoms with Crippen molar-refractivity contribution in [2.45, 2.75) is 89.9 Å². The maximum atomic E-state index is 14.4. The minimum Gasteiger partial charge on any atom is -0.346 e. The number of likely N-dealkylation sites (tertiary alicyclic amines) is 1. The first-order chi connectivity index (χ1) is 18.3. The molecule has 8 nitrogen and oxygen atoms in total. The van der Waals surface area contributed by atoms with Gasteiger partial charge in [0, 0.05) is 42.2 Å². The second-order valence-corrected chi connectivity index (χ2v) is 11.5. The molecular weight excluding hydrogens is 528 g/mol. The highest BCUT2D eigenvalue weighted by molar-refractivity contribution is 6.31. The zero-order valence-corrected chi connectivity index (χ0v) is 23.5. The Labute approximate surface area is 231 Å². The Hall–Kier alpha value is -3.14. The second-order valence-electron chi connectivity index (χ2n) is 11.1. The first-order valence-electron chi connectivity index (χ1n) is 13.2. The molecule has 3 amide bonds. The van der Waals surface area contributed by atoms with Gasteiger partial charge in [0.05, 0.1) is 27.9 Å². The van der Waals surface area contributed by atoms with Crippen molar-refractivity contribution in [3.8, 4) is 0 Å². The van der Waals surface area contributed by atoms with E-state index < -0.39 is 35.2 Å². The van der Waals surface area contributed by atoms with Crippen LogP contribution in [0.1, 0.15) is 98.3 Å². The number of amides is 3. The number of alkyl halides is 2. The van der Waals surface area contributed by atoms with Crippen LogP contribution in [0.15, 0.2) is 30.7 Å². The fraction of sp³-hybridized carbons (Fsp3) is 0.536. The zero-order chi connectivity index (χ0) is 28.7. The summed E-state index contributed by atoms with van der Waals surface area (Å²) in [5, 5.41) is 5.77. The Kier molecular flexibility index (Phi) is 7.98. The van der Waals surface area contributed by atoms with Gasteiger partial charge in [-0.2, -0.15) is 0 Å². The van der Waals surface area contributed by atoms with Crippen LogP contribution >= 0.6 is 11.6 Å². The van der Waals surface area contributed by atoms with Crippen LogP contribution in [0.4, 0.5) is 8.78 Å². The Bertz CT molecular complexity index is 1270. The van der Waals surface area contributed by atoms with Crippen molar-refractivity contribution < 1.29 is 23.2 Å². The molecule has 2 aliphatic rings. The van der Waals surface area contributed by atoms with Crippen LogP contribution in [-0.2, 0) is 10.7 Å². The van der Waals surface area contributed by atoms with Gasteiger partial charge in [-0.3, -0.25) is 24.4 Å². The third kappa shape index (κ3) is 5.76. The van der Waals surface area contributed by atoms with E-state index in [9.17, 15) is 23.2 Å². The molecule has 2 fully saturated rings. The van der Waals surface area contributed by atoms with Gasteiger partial charge in [0.2, 0.25) is 5.91 Å². The minimum atomic E-state index is -3.15. The lowest BCUT2D eigenvalue weighted by atomic mass is 9.98. The fourth-order valence-corrected chi connectivity index (χ4v) is 5.26. The van der Waals surface area contributed by atoms with Crippen molar-refractivity contribution in [1.29, 1.82) is 0 Å². The van der Waals surface area contributed by atoms with E-state index in [0.29, 0.717) is 24.1 Å². The first-order valence-corrected chi connectivity index (χ1v) is 13.6. The van der Waals surface area contributed by atoms with Gasteiger partial charge in [-0.1, -0.05) is 25.4 Å². The molecule has 0 spiro atoms. The van der Waals surface area contributed by atoms with Gasteiger partial charge in [0.25, 0.3) is 17.7 Å². The average Bonchev–Trinajstić information content (AvgIpc) is 3.60. The summed E-state index contributed by atoms with van der Waals surface area (Å²) in [6, 6.07) is 2.34. The number of rotatable bonds is 8. The van der Waals surface area contributed by atoms with Crippen LogP contribution in [0.3, 0.4) is 0 Å². The van der Waals surface area contributed by atoms with Gasteiger partial charge in [-0.05, 0) is 58.6 Å². The molecule has 2 N–H and O–H groups in total. The zero-order valence-electron chi connectivity index (χ0n) is 22.7. The summed E-state index contributed by atoms with van der Waals surface area (Å²) < 4.78 is 28.9. The Morgan fingerprint density at radius 1 is 1.05 bits per heavy atom. The smallest absolute Gasteiger partial charge is 0.276 e. The molecule has 3 atom stereocenters. The van der Waals surface area contributed by atoms with E-state index in [0.717, 1.165) is 25.1 Å². The highest BCUT2D eigenvalue weighted by atomic mass is 35.5. The van der Waals surface area contributed by atoms with E-state index in [2.05, 4.69) is 20.6 Å². The number of nitrogens with zero attached hydrogens (tertiary/aromatic N) is 3. The van der Waals surface area contributed by atoms with Crippen molar-refractivity contribution in [2.24, 2.45) is 5.92 Å².